The van der Waals surface area contributed by atoms with Crippen LogP contribution in [-0.2, 0) is 31.9 Å². The molecule has 3 aromatic heterocycles. The predicted molar refractivity (Wildman–Crippen MR) is 225 cm³/mol. The number of hydrogen-bond donors (Lipinski definition) is 0. The molecule has 3 heterocycles. The predicted octanol–water partition coefficient (Wildman–Crippen LogP) is 12.0. The third-order valence-electron chi connectivity index (χ3n) is 10.3. The standard InChI is InChI=1S/C29H23N2O.C19H22NSi.Ir/c1-29(2,3)19-15-17-20(18-16-19)31-25-13-6-5-12-24(25)30-28(31)23-11-8-10-22-21-9-4-7-14-26(21)32-27(22)23;1-13-9-15-7-6-8-16(17(15)10-13)18-11-14(2)19(12-20-18)21(3,4)5;/h4-10,12-18H,1-3H3;6-7,9,11-12H,10H2,1-5H3;/q2*-1;. The molecule has 54 heavy (non-hydrogen) atoms. The van der Waals surface area contributed by atoms with Gasteiger partial charge in [-0.25, -0.2) is 0 Å². The van der Waals surface area contributed by atoms with Gasteiger partial charge in [0, 0.05) is 37.4 Å². The summed E-state index contributed by atoms with van der Waals surface area (Å²) in [6, 6.07) is 42.4. The zero-order chi connectivity index (χ0) is 37.1. The SMILES string of the molecule is CC(C)(C)c1ccc(-n2c(-c3[c-]ccc4c3oc3ccccc34)nc3ccccc32)cc1.CC1=Cc2cc[c-]c(-c3cc(C)c([Si](C)(C)C)cn3)c2C1.[Ir]. The molecule has 6 heteroatoms. The number of aromatic nitrogens is 3. The number of rotatable bonds is 4. The third kappa shape index (κ3) is 6.95. The van der Waals surface area contributed by atoms with Gasteiger partial charge in [-0.1, -0.05) is 117 Å². The summed E-state index contributed by atoms with van der Waals surface area (Å²) in [5, 5.41) is 3.64. The van der Waals surface area contributed by atoms with E-state index >= 15 is 0 Å². The number of aryl methyl sites for hydroxylation is 1. The van der Waals surface area contributed by atoms with Crippen LogP contribution in [0.2, 0.25) is 19.6 Å². The fourth-order valence-corrected chi connectivity index (χ4v) is 9.30. The molecule has 0 N–H and O–H groups in total. The molecule has 0 fully saturated rings. The van der Waals surface area contributed by atoms with Gasteiger partial charge in [-0.05, 0) is 72.5 Å². The number of allylic oxidation sites excluding steroid dienone is 1. The van der Waals surface area contributed by atoms with Crippen molar-refractivity contribution in [3.05, 3.63) is 149 Å². The van der Waals surface area contributed by atoms with E-state index in [-0.39, 0.29) is 25.5 Å². The number of furan rings is 1. The first-order valence-corrected chi connectivity index (χ1v) is 22.0. The number of imidazole rings is 1. The maximum atomic E-state index is 6.30. The third-order valence-corrected chi connectivity index (χ3v) is 12.4. The Balaban J connectivity index is 0.000000178. The second-order valence-electron chi connectivity index (χ2n) is 16.3. The molecular formula is C48H45IrN3OSi-2. The van der Waals surface area contributed by atoms with E-state index in [1.54, 1.807) is 0 Å². The van der Waals surface area contributed by atoms with Crippen molar-refractivity contribution in [2.45, 2.75) is 66.1 Å². The van der Waals surface area contributed by atoms with E-state index in [4.69, 9.17) is 14.4 Å². The van der Waals surface area contributed by atoms with Gasteiger partial charge in [0.1, 0.15) is 5.58 Å². The summed E-state index contributed by atoms with van der Waals surface area (Å²) in [6.07, 6.45) is 5.40. The Hall–Kier alpha value is -4.87. The number of benzene rings is 5. The van der Waals surface area contributed by atoms with Crippen molar-refractivity contribution in [1.82, 2.24) is 14.5 Å². The zero-order valence-corrected chi connectivity index (χ0v) is 35.7. The molecule has 0 bridgehead atoms. The van der Waals surface area contributed by atoms with Crippen molar-refractivity contribution in [1.29, 1.82) is 0 Å². The molecule has 1 aliphatic rings. The fraction of sp³-hybridized carbons (Fsp3) is 0.208. The van der Waals surface area contributed by atoms with Crippen molar-refractivity contribution in [2.24, 2.45) is 0 Å². The van der Waals surface area contributed by atoms with E-state index < -0.39 is 8.07 Å². The van der Waals surface area contributed by atoms with Crippen LogP contribution in [0.3, 0.4) is 0 Å². The van der Waals surface area contributed by atoms with E-state index in [1.165, 1.54) is 38.6 Å². The van der Waals surface area contributed by atoms with Crippen LogP contribution >= 0.6 is 0 Å². The maximum absolute atomic E-state index is 6.30. The average molecular weight is 900 g/mol. The maximum Gasteiger partial charge on any atom is 0.120 e. The van der Waals surface area contributed by atoms with Crippen LogP contribution < -0.4 is 5.19 Å². The molecule has 5 aromatic carbocycles. The van der Waals surface area contributed by atoms with Crippen LogP contribution in [0.1, 0.15) is 49.9 Å². The van der Waals surface area contributed by atoms with Crippen LogP contribution in [-0.4, -0.2) is 22.6 Å². The first-order valence-electron chi connectivity index (χ1n) is 18.5. The molecule has 0 saturated heterocycles. The number of fused-ring (bicyclic) bond motifs is 5. The topological polar surface area (TPSA) is 43.9 Å². The molecule has 0 atom stereocenters. The normalized spacial score (nSPS) is 12.7. The first kappa shape index (κ1) is 37.4. The van der Waals surface area contributed by atoms with Crippen LogP contribution in [0.15, 0.2) is 119 Å². The van der Waals surface area contributed by atoms with E-state index in [9.17, 15) is 0 Å². The van der Waals surface area contributed by atoms with E-state index in [0.29, 0.717) is 0 Å². The van der Waals surface area contributed by atoms with E-state index in [2.05, 4.69) is 150 Å². The minimum atomic E-state index is -1.32. The number of hydrogen-bond acceptors (Lipinski definition) is 3. The average Bonchev–Trinajstić information content (AvgIpc) is 3.83. The molecule has 9 rings (SSSR count). The van der Waals surface area contributed by atoms with Gasteiger partial charge in [-0.3, -0.25) is 4.98 Å². The Morgan fingerprint density at radius 3 is 2.24 bits per heavy atom. The Morgan fingerprint density at radius 2 is 1.50 bits per heavy atom. The van der Waals surface area contributed by atoms with E-state index in [1.807, 2.05) is 36.4 Å². The largest absolute Gasteiger partial charge is 0.501 e. The monoisotopic (exact) mass is 900 g/mol. The summed E-state index contributed by atoms with van der Waals surface area (Å²) in [4.78, 5) is 9.78. The van der Waals surface area contributed by atoms with Crippen LogP contribution in [0, 0.1) is 19.1 Å². The van der Waals surface area contributed by atoms with Gasteiger partial charge in [0.25, 0.3) is 0 Å². The van der Waals surface area contributed by atoms with Crippen LogP contribution in [0.25, 0.3) is 67.4 Å². The number of pyridine rings is 1. The van der Waals surface area contributed by atoms with Crippen molar-refractivity contribution < 1.29 is 24.5 Å². The summed E-state index contributed by atoms with van der Waals surface area (Å²) >= 11 is 0. The Kier molecular flexibility index (Phi) is 9.99. The zero-order valence-electron chi connectivity index (χ0n) is 32.3. The molecule has 0 spiro atoms. The van der Waals surface area contributed by atoms with Crippen molar-refractivity contribution in [3.8, 4) is 28.3 Å². The Morgan fingerprint density at radius 1 is 0.796 bits per heavy atom. The van der Waals surface area contributed by atoms with E-state index in [0.717, 1.165) is 62.2 Å². The quantitative estimate of drug-likeness (QED) is 0.131. The molecule has 0 amide bonds. The van der Waals surface area contributed by atoms with Crippen LogP contribution in [0.5, 0.6) is 0 Å². The number of para-hydroxylation sites is 3. The van der Waals surface area contributed by atoms with Crippen LogP contribution in [0.4, 0.5) is 0 Å². The Labute approximate surface area is 333 Å². The van der Waals surface area contributed by atoms with Gasteiger partial charge in [-0.15, -0.1) is 53.1 Å². The number of nitrogens with zero attached hydrogens (tertiary/aromatic N) is 3. The second kappa shape index (κ2) is 14.4. The minimum Gasteiger partial charge on any atom is -0.501 e. The molecular weight excluding hydrogens is 855 g/mol. The van der Waals surface area contributed by atoms with Gasteiger partial charge in [0.05, 0.1) is 30.5 Å². The minimum absolute atomic E-state index is 0. The van der Waals surface area contributed by atoms with Gasteiger partial charge >= 0.3 is 0 Å². The summed E-state index contributed by atoms with van der Waals surface area (Å²) < 4.78 is 8.51. The molecule has 1 aliphatic carbocycles. The fourth-order valence-electron chi connectivity index (χ4n) is 7.60. The van der Waals surface area contributed by atoms with Gasteiger partial charge in [-0.2, -0.15) is 0 Å². The molecule has 0 unspecified atom stereocenters. The van der Waals surface area contributed by atoms with Gasteiger partial charge in [0.2, 0.25) is 0 Å². The molecule has 4 nitrogen and oxygen atoms in total. The summed E-state index contributed by atoms with van der Waals surface area (Å²) in [7, 11) is -1.32. The summed E-state index contributed by atoms with van der Waals surface area (Å²) in [5.41, 5.74) is 14.8. The second-order valence-corrected chi connectivity index (χ2v) is 21.4. The van der Waals surface area contributed by atoms with Gasteiger partial charge < -0.3 is 14.0 Å². The van der Waals surface area contributed by atoms with Crippen molar-refractivity contribution in [3.63, 3.8) is 0 Å². The first-order chi connectivity index (χ1) is 25.4. The molecule has 0 aliphatic heterocycles. The Bertz CT molecular complexity index is 2690. The van der Waals surface area contributed by atoms with Gasteiger partial charge in [0.15, 0.2) is 0 Å². The molecule has 8 aromatic rings. The van der Waals surface area contributed by atoms with Crippen molar-refractivity contribution in [2.75, 3.05) is 0 Å². The smallest absolute Gasteiger partial charge is 0.120 e. The van der Waals surface area contributed by atoms with Crippen molar-refractivity contribution >= 4 is 52.3 Å². The molecule has 1 radical (unpaired) electrons. The molecule has 0 saturated carbocycles. The molecule has 273 valence electrons. The summed E-state index contributed by atoms with van der Waals surface area (Å²) in [6.45, 7) is 18.2. The summed E-state index contributed by atoms with van der Waals surface area (Å²) in [5.74, 6) is 0.833.